The monoisotopic (exact) mass is 883 g/mol. The van der Waals surface area contributed by atoms with E-state index in [0.29, 0.717) is 0 Å². The molecular formula is C33H57NO26. The van der Waals surface area contributed by atoms with Gasteiger partial charge in [-0.3, -0.25) is 4.79 Å². The molecule has 5 heterocycles. The highest BCUT2D eigenvalue weighted by atomic mass is 16.8. The maximum absolute atomic E-state index is 12.7. The van der Waals surface area contributed by atoms with Crippen molar-refractivity contribution in [2.24, 2.45) is 0 Å². The molecule has 27 heteroatoms. The molecular weight excluding hydrogens is 826 g/mol. The van der Waals surface area contributed by atoms with E-state index < -0.39 is 192 Å². The minimum atomic E-state index is -2.12. The second-order valence-electron chi connectivity index (χ2n) is 14.9. The lowest BCUT2D eigenvalue weighted by molar-refractivity contribution is -0.404. The van der Waals surface area contributed by atoms with Gasteiger partial charge >= 0.3 is 0 Å². The van der Waals surface area contributed by atoms with E-state index in [1.54, 1.807) is 0 Å². The molecule has 5 rings (SSSR count). The van der Waals surface area contributed by atoms with Gasteiger partial charge in [0.25, 0.3) is 0 Å². The first-order valence-electron chi connectivity index (χ1n) is 19.0. The third-order valence-electron chi connectivity index (χ3n) is 11.0. The lowest BCUT2D eigenvalue weighted by Crippen LogP contribution is -2.71. The van der Waals surface area contributed by atoms with Crippen LogP contribution in [0.1, 0.15) is 6.92 Å². The maximum Gasteiger partial charge on any atom is 0.217 e. The summed E-state index contributed by atoms with van der Waals surface area (Å²) in [5.41, 5.74) is 0. The third-order valence-corrected chi connectivity index (χ3v) is 11.0. The molecule has 0 aliphatic carbocycles. The summed E-state index contributed by atoms with van der Waals surface area (Å²) in [5.74, 6) is -0.817. The van der Waals surface area contributed by atoms with Crippen molar-refractivity contribution < 1.29 is 129 Å². The Bertz CT molecular complexity index is 1340. The minimum Gasteiger partial charge on any atom is -0.394 e. The van der Waals surface area contributed by atoms with Crippen LogP contribution in [0.25, 0.3) is 0 Å². The zero-order chi connectivity index (χ0) is 44.3. The van der Waals surface area contributed by atoms with Crippen molar-refractivity contribution in [2.75, 3.05) is 40.1 Å². The summed E-state index contributed by atoms with van der Waals surface area (Å²) in [6, 6.07) is -1.71. The Labute approximate surface area is 340 Å². The number of aliphatic hydroxyl groups is 15. The van der Waals surface area contributed by atoms with E-state index >= 15 is 0 Å². The Kier molecular flexibility index (Phi) is 17.7. The van der Waals surface area contributed by atoms with E-state index in [4.69, 9.17) is 47.4 Å². The highest BCUT2D eigenvalue weighted by Gasteiger charge is 2.58. The Hall–Kier alpha value is -1.53. The van der Waals surface area contributed by atoms with E-state index in [-0.39, 0.29) is 0 Å². The van der Waals surface area contributed by atoms with Crippen LogP contribution in [-0.4, -0.2) is 276 Å². The Balaban J connectivity index is 1.55. The van der Waals surface area contributed by atoms with Crippen LogP contribution in [0.2, 0.25) is 0 Å². The molecule has 0 aromatic carbocycles. The molecule has 0 radical (unpaired) electrons. The Morgan fingerprint density at radius 1 is 0.433 bits per heavy atom. The van der Waals surface area contributed by atoms with Crippen molar-refractivity contribution in [2.45, 2.75) is 160 Å². The van der Waals surface area contributed by atoms with Crippen LogP contribution < -0.4 is 5.32 Å². The normalized spacial score (nSPS) is 50.3. The highest BCUT2D eigenvalue weighted by molar-refractivity contribution is 5.73. The van der Waals surface area contributed by atoms with E-state index in [1.165, 1.54) is 0 Å². The average Bonchev–Trinajstić information content (AvgIpc) is 3.22. The van der Waals surface area contributed by atoms with Gasteiger partial charge in [0.05, 0.1) is 33.0 Å². The molecule has 27 nitrogen and oxygen atoms in total. The van der Waals surface area contributed by atoms with Gasteiger partial charge in [-0.2, -0.15) is 0 Å². The van der Waals surface area contributed by atoms with Crippen molar-refractivity contribution in [3.05, 3.63) is 0 Å². The standard InChI is InChI=1S/C33H57NO26/c1-8(40)34-14-25(58-32-23(49)26(51-2)17(43)11(5-37)55-32)16(42)10(4-36)53-30(14)59-27-18(44)12(6-38)56-33(57-24-13(7-39)52-29(50)21(47)20(24)46)28(27)60-31-22(48)19(45)15(41)9(3-35)54-31/h9-33,35-39,41-50H,3-7H2,1-2H3,(H,34,40)/t9-,10-,11-,12-,13-,14-,15+,16+,17+,18+,19+,20-,21-,22-,23-,24-,25-,26+,27+,28-,29-,30-,31-,32+,33+/m1/s1. The summed E-state index contributed by atoms with van der Waals surface area (Å²) in [7, 11) is 1.14. The number of nitrogens with one attached hydrogen (secondary N) is 1. The number of amides is 1. The van der Waals surface area contributed by atoms with Gasteiger partial charge in [-0.25, -0.2) is 0 Å². The van der Waals surface area contributed by atoms with Crippen molar-refractivity contribution in [3.63, 3.8) is 0 Å². The van der Waals surface area contributed by atoms with Gasteiger partial charge in [0, 0.05) is 14.0 Å². The molecule has 350 valence electrons. The number of hydrogen-bond acceptors (Lipinski definition) is 26. The molecule has 0 bridgehead atoms. The second-order valence-corrected chi connectivity index (χ2v) is 14.9. The van der Waals surface area contributed by atoms with Crippen LogP contribution in [0.15, 0.2) is 0 Å². The Morgan fingerprint density at radius 2 is 0.867 bits per heavy atom. The first-order chi connectivity index (χ1) is 28.5. The van der Waals surface area contributed by atoms with Gasteiger partial charge in [-0.15, -0.1) is 0 Å². The molecule has 1 amide bonds. The lowest BCUT2D eigenvalue weighted by Gasteiger charge is -2.51. The predicted molar refractivity (Wildman–Crippen MR) is 183 cm³/mol. The van der Waals surface area contributed by atoms with Crippen LogP contribution in [0.5, 0.6) is 0 Å². The minimum absolute atomic E-state index is 0.792. The highest BCUT2D eigenvalue weighted by Crippen LogP contribution is 2.37. The van der Waals surface area contributed by atoms with Gasteiger partial charge in [0.1, 0.15) is 122 Å². The molecule has 60 heavy (non-hydrogen) atoms. The SMILES string of the molecule is CO[C@H]1[C@@H](O)[C@@H](CO)O[C@@H](O[C@H]2[C@@H](O)[C@@H](CO)O[C@H](O[C@H]3[C@@H](O)[C@@H](CO)O[C@@H](O[C@H]4[C@H](O)[C@@H](O)[C@H](O)O[C@@H]4CO)[C@@H]3O[C@H]3O[C@H](CO)[C@H](O)[C@H](O)[C@H]3O)[C@@H]2NC(C)=O)[C@@H]1O. The number of ether oxygens (including phenoxy) is 10. The van der Waals surface area contributed by atoms with Crippen LogP contribution in [0.4, 0.5) is 0 Å². The number of carbonyl (C=O) groups excluding carboxylic acids is 1. The number of methoxy groups -OCH3 is 1. The van der Waals surface area contributed by atoms with Crippen LogP contribution in [0, 0.1) is 0 Å². The van der Waals surface area contributed by atoms with Crippen molar-refractivity contribution in [3.8, 4) is 0 Å². The molecule has 5 aliphatic rings. The number of hydrogen-bond donors (Lipinski definition) is 16. The molecule has 0 unspecified atom stereocenters. The maximum atomic E-state index is 12.7. The molecule has 5 saturated heterocycles. The number of aliphatic hydroxyl groups excluding tert-OH is 15. The van der Waals surface area contributed by atoms with Crippen molar-refractivity contribution in [1.29, 1.82) is 0 Å². The van der Waals surface area contributed by atoms with E-state index in [0.717, 1.165) is 14.0 Å². The zero-order valence-electron chi connectivity index (χ0n) is 32.2. The van der Waals surface area contributed by atoms with E-state index in [9.17, 15) is 81.4 Å². The first kappa shape index (κ1) is 49.5. The summed E-state index contributed by atoms with van der Waals surface area (Å²) < 4.78 is 57.1. The molecule has 5 fully saturated rings. The quantitative estimate of drug-likeness (QED) is 0.0726. The largest absolute Gasteiger partial charge is 0.394 e. The third kappa shape index (κ3) is 10.2. The summed E-state index contributed by atoms with van der Waals surface area (Å²) in [4.78, 5) is 12.7. The molecule has 5 aliphatic heterocycles. The fraction of sp³-hybridized carbons (Fsp3) is 0.970. The van der Waals surface area contributed by atoms with Gasteiger partial charge in [0.2, 0.25) is 5.91 Å². The molecule has 16 N–H and O–H groups in total. The van der Waals surface area contributed by atoms with E-state index in [1.807, 2.05) is 0 Å². The van der Waals surface area contributed by atoms with E-state index in [2.05, 4.69) is 5.32 Å². The smallest absolute Gasteiger partial charge is 0.217 e. The molecule has 0 saturated carbocycles. The second kappa shape index (κ2) is 21.4. The lowest BCUT2D eigenvalue weighted by atomic mass is 9.94. The summed E-state index contributed by atoms with van der Waals surface area (Å²) >= 11 is 0. The topological polar surface area (TPSA) is 425 Å². The van der Waals surface area contributed by atoms with Crippen molar-refractivity contribution >= 4 is 5.91 Å². The predicted octanol–water partition coefficient (Wildman–Crippen LogP) is -11.1. The molecule has 0 aromatic heterocycles. The zero-order valence-corrected chi connectivity index (χ0v) is 32.2. The van der Waals surface area contributed by atoms with Gasteiger partial charge < -0.3 is 129 Å². The molecule has 0 spiro atoms. The van der Waals surface area contributed by atoms with Crippen molar-refractivity contribution in [1.82, 2.24) is 5.32 Å². The summed E-state index contributed by atoms with van der Waals surface area (Å²) in [6.45, 7) is -3.60. The summed E-state index contributed by atoms with van der Waals surface area (Å²) in [5, 5.41) is 161. The first-order valence-corrected chi connectivity index (χ1v) is 19.0. The Morgan fingerprint density at radius 3 is 1.40 bits per heavy atom. The molecule has 25 atom stereocenters. The fourth-order valence-corrected chi connectivity index (χ4v) is 7.66. The number of carbonyl (C=O) groups is 1. The van der Waals surface area contributed by atoms with Gasteiger partial charge in [-0.05, 0) is 0 Å². The van der Waals surface area contributed by atoms with Gasteiger partial charge in [-0.1, -0.05) is 0 Å². The fourth-order valence-electron chi connectivity index (χ4n) is 7.66. The van der Waals surface area contributed by atoms with Crippen LogP contribution in [0.3, 0.4) is 0 Å². The summed E-state index contributed by atoms with van der Waals surface area (Å²) in [6.07, 6.45) is -44.3. The van der Waals surface area contributed by atoms with Gasteiger partial charge in [0.15, 0.2) is 31.5 Å². The van der Waals surface area contributed by atoms with Crippen LogP contribution >= 0.6 is 0 Å². The molecule has 0 aromatic rings. The number of rotatable bonds is 15. The average molecular weight is 884 g/mol. The van der Waals surface area contributed by atoms with Crippen LogP contribution in [-0.2, 0) is 52.2 Å².